The van der Waals surface area contributed by atoms with Gasteiger partial charge in [-0.15, -0.1) is 0 Å². The van der Waals surface area contributed by atoms with Gasteiger partial charge in [0.2, 0.25) is 0 Å². The van der Waals surface area contributed by atoms with E-state index in [1.54, 1.807) is 0 Å². The Bertz CT molecular complexity index is 361. The highest BCUT2D eigenvalue weighted by Crippen LogP contribution is 2.17. The molecule has 0 bridgehead atoms. The number of nitrogens with two attached hydrogens (primary N) is 1. The van der Waals surface area contributed by atoms with E-state index in [4.69, 9.17) is 18.0 Å². The highest BCUT2D eigenvalue weighted by atomic mass is 32.1. The molecule has 0 amide bonds. The predicted octanol–water partition coefficient (Wildman–Crippen LogP) is 2.84. The van der Waals surface area contributed by atoms with E-state index in [1.165, 1.54) is 5.56 Å². The van der Waals surface area contributed by atoms with Crippen LogP contribution in [0.15, 0.2) is 18.2 Å². The number of aryl methyl sites for hydroxylation is 1. The SMILES string of the molecule is CCC(C)Nc1ccc(C(N)=S)cc1C. The van der Waals surface area contributed by atoms with Gasteiger partial charge in [-0.3, -0.25) is 0 Å². The van der Waals surface area contributed by atoms with E-state index in [-0.39, 0.29) is 0 Å². The second-order valence-electron chi connectivity index (χ2n) is 3.85. The van der Waals surface area contributed by atoms with Gasteiger partial charge in [0.15, 0.2) is 0 Å². The van der Waals surface area contributed by atoms with Crippen molar-refractivity contribution in [3.05, 3.63) is 29.3 Å². The summed E-state index contributed by atoms with van der Waals surface area (Å²) in [5.41, 5.74) is 8.84. The van der Waals surface area contributed by atoms with Crippen molar-refractivity contribution >= 4 is 22.9 Å². The topological polar surface area (TPSA) is 38.0 Å². The molecule has 1 aromatic carbocycles. The molecule has 0 aromatic heterocycles. The molecule has 3 heteroatoms. The minimum absolute atomic E-state index is 0.452. The lowest BCUT2D eigenvalue weighted by Gasteiger charge is -2.15. The maximum atomic E-state index is 5.57. The molecule has 3 N–H and O–H groups in total. The first-order valence-electron chi connectivity index (χ1n) is 5.21. The van der Waals surface area contributed by atoms with Gasteiger partial charge in [0.25, 0.3) is 0 Å². The first kappa shape index (κ1) is 12.0. The second-order valence-corrected chi connectivity index (χ2v) is 4.29. The third-order valence-corrected chi connectivity index (χ3v) is 2.76. The highest BCUT2D eigenvalue weighted by molar-refractivity contribution is 7.80. The maximum absolute atomic E-state index is 5.57. The first-order valence-corrected chi connectivity index (χ1v) is 5.62. The van der Waals surface area contributed by atoms with Crippen molar-refractivity contribution in [3.8, 4) is 0 Å². The smallest absolute Gasteiger partial charge is 0.103 e. The van der Waals surface area contributed by atoms with Crippen molar-refractivity contribution in [2.45, 2.75) is 33.2 Å². The van der Waals surface area contributed by atoms with Crippen molar-refractivity contribution in [3.63, 3.8) is 0 Å². The quantitative estimate of drug-likeness (QED) is 0.769. The fourth-order valence-corrected chi connectivity index (χ4v) is 1.47. The van der Waals surface area contributed by atoms with E-state index in [9.17, 15) is 0 Å². The fraction of sp³-hybridized carbons (Fsp3) is 0.417. The zero-order valence-electron chi connectivity index (χ0n) is 9.50. The summed E-state index contributed by atoms with van der Waals surface area (Å²) in [4.78, 5) is 0.452. The Hall–Kier alpha value is -1.09. The van der Waals surface area contributed by atoms with Gasteiger partial charge in [0.05, 0.1) is 0 Å². The van der Waals surface area contributed by atoms with E-state index in [0.29, 0.717) is 11.0 Å². The predicted molar refractivity (Wildman–Crippen MR) is 70.4 cm³/mol. The molecule has 1 unspecified atom stereocenters. The Morgan fingerprint density at radius 3 is 2.67 bits per heavy atom. The van der Waals surface area contributed by atoms with E-state index in [0.717, 1.165) is 17.7 Å². The molecule has 2 nitrogen and oxygen atoms in total. The van der Waals surface area contributed by atoms with Gasteiger partial charge in [-0.1, -0.05) is 19.1 Å². The monoisotopic (exact) mass is 222 g/mol. The lowest BCUT2D eigenvalue weighted by atomic mass is 10.1. The van der Waals surface area contributed by atoms with Gasteiger partial charge in [0.1, 0.15) is 4.99 Å². The first-order chi connectivity index (χ1) is 7.04. The summed E-state index contributed by atoms with van der Waals surface area (Å²) in [5, 5.41) is 3.44. The van der Waals surface area contributed by atoms with Gasteiger partial charge in [-0.2, -0.15) is 0 Å². The number of benzene rings is 1. The molecule has 0 fully saturated rings. The molecular weight excluding hydrogens is 204 g/mol. The Morgan fingerprint density at radius 1 is 1.53 bits per heavy atom. The summed E-state index contributed by atoms with van der Waals surface area (Å²) in [6.45, 7) is 6.39. The van der Waals surface area contributed by atoms with Crippen molar-refractivity contribution in [1.82, 2.24) is 0 Å². The summed E-state index contributed by atoms with van der Waals surface area (Å²) in [6.07, 6.45) is 1.11. The van der Waals surface area contributed by atoms with Crippen molar-refractivity contribution in [2.24, 2.45) is 5.73 Å². The van der Waals surface area contributed by atoms with Crippen LogP contribution in [0.5, 0.6) is 0 Å². The zero-order chi connectivity index (χ0) is 11.4. The number of nitrogens with one attached hydrogen (secondary N) is 1. The zero-order valence-corrected chi connectivity index (χ0v) is 10.3. The van der Waals surface area contributed by atoms with Crippen LogP contribution in [0.3, 0.4) is 0 Å². The largest absolute Gasteiger partial charge is 0.389 e. The third-order valence-electron chi connectivity index (χ3n) is 2.53. The number of hydrogen-bond donors (Lipinski definition) is 2. The minimum Gasteiger partial charge on any atom is -0.389 e. The van der Waals surface area contributed by atoms with Crippen molar-refractivity contribution in [2.75, 3.05) is 5.32 Å². The number of hydrogen-bond acceptors (Lipinski definition) is 2. The van der Waals surface area contributed by atoms with Crippen LogP contribution in [0.25, 0.3) is 0 Å². The lowest BCUT2D eigenvalue weighted by Crippen LogP contribution is -2.15. The van der Waals surface area contributed by atoms with Crippen LogP contribution in [-0.2, 0) is 0 Å². The Labute approximate surface area is 96.9 Å². The Morgan fingerprint density at radius 2 is 2.20 bits per heavy atom. The summed E-state index contributed by atoms with van der Waals surface area (Å²) in [7, 11) is 0. The van der Waals surface area contributed by atoms with E-state index < -0.39 is 0 Å². The van der Waals surface area contributed by atoms with Crippen LogP contribution in [0, 0.1) is 6.92 Å². The summed E-state index contributed by atoms with van der Waals surface area (Å²) in [5.74, 6) is 0. The molecule has 0 aliphatic rings. The standard InChI is InChI=1S/C12H18N2S/c1-4-9(3)14-11-6-5-10(12(13)15)7-8(11)2/h5-7,9,14H,4H2,1-3H3,(H2,13,15). The Balaban J connectivity index is 2.88. The molecule has 1 aromatic rings. The van der Waals surface area contributed by atoms with E-state index in [2.05, 4.69) is 26.1 Å². The average molecular weight is 222 g/mol. The highest BCUT2D eigenvalue weighted by Gasteiger charge is 2.04. The average Bonchev–Trinajstić information content (AvgIpc) is 2.20. The van der Waals surface area contributed by atoms with Gasteiger partial charge in [-0.25, -0.2) is 0 Å². The molecule has 0 aliphatic heterocycles. The van der Waals surface area contributed by atoms with Crippen LogP contribution in [0.1, 0.15) is 31.4 Å². The molecule has 0 heterocycles. The molecular formula is C12H18N2S. The summed E-state index contributed by atoms with van der Waals surface area (Å²) >= 11 is 4.93. The number of rotatable bonds is 4. The lowest BCUT2D eigenvalue weighted by molar-refractivity contribution is 0.763. The van der Waals surface area contributed by atoms with Gasteiger partial charge in [-0.05, 0) is 44.0 Å². The third kappa shape index (κ3) is 3.20. The van der Waals surface area contributed by atoms with Crippen LogP contribution in [0.4, 0.5) is 5.69 Å². The fourth-order valence-electron chi connectivity index (χ4n) is 1.35. The number of thiocarbonyl (C=S) groups is 1. The molecule has 0 aliphatic carbocycles. The minimum atomic E-state index is 0.452. The molecule has 0 spiro atoms. The van der Waals surface area contributed by atoms with Crippen LogP contribution < -0.4 is 11.1 Å². The molecule has 15 heavy (non-hydrogen) atoms. The van der Waals surface area contributed by atoms with Gasteiger partial charge in [0, 0.05) is 17.3 Å². The molecule has 0 saturated carbocycles. The molecule has 82 valence electrons. The van der Waals surface area contributed by atoms with Crippen molar-refractivity contribution < 1.29 is 0 Å². The molecule has 0 saturated heterocycles. The van der Waals surface area contributed by atoms with Gasteiger partial charge < -0.3 is 11.1 Å². The summed E-state index contributed by atoms with van der Waals surface area (Å²) in [6, 6.07) is 6.50. The van der Waals surface area contributed by atoms with Gasteiger partial charge >= 0.3 is 0 Å². The summed E-state index contributed by atoms with van der Waals surface area (Å²) < 4.78 is 0. The normalized spacial score (nSPS) is 12.2. The van der Waals surface area contributed by atoms with Crippen LogP contribution in [-0.4, -0.2) is 11.0 Å². The molecule has 1 rings (SSSR count). The second kappa shape index (κ2) is 5.12. The molecule has 0 radical (unpaired) electrons. The van der Waals surface area contributed by atoms with E-state index >= 15 is 0 Å². The van der Waals surface area contributed by atoms with Crippen molar-refractivity contribution in [1.29, 1.82) is 0 Å². The Kier molecular flexibility index (Phi) is 4.09. The number of anilines is 1. The van der Waals surface area contributed by atoms with Crippen LogP contribution in [0.2, 0.25) is 0 Å². The van der Waals surface area contributed by atoms with Crippen LogP contribution >= 0.6 is 12.2 Å². The maximum Gasteiger partial charge on any atom is 0.103 e. The van der Waals surface area contributed by atoms with E-state index in [1.807, 2.05) is 18.2 Å². The molecule has 1 atom stereocenters.